The van der Waals surface area contributed by atoms with Gasteiger partial charge in [-0.1, -0.05) is 6.07 Å². The van der Waals surface area contributed by atoms with Crippen LogP contribution in [0.25, 0.3) is 16.8 Å². The van der Waals surface area contributed by atoms with E-state index in [1.54, 1.807) is 27.8 Å². The van der Waals surface area contributed by atoms with Gasteiger partial charge in [-0.2, -0.15) is 31.1 Å². The van der Waals surface area contributed by atoms with Crippen molar-refractivity contribution in [3.05, 3.63) is 78.5 Å². The first-order valence-corrected chi connectivity index (χ1v) is 13.0. The van der Waals surface area contributed by atoms with Crippen LogP contribution in [0.15, 0.2) is 77.2 Å². The number of halogens is 3. The van der Waals surface area contributed by atoms with Crippen LogP contribution in [0.5, 0.6) is 0 Å². The summed E-state index contributed by atoms with van der Waals surface area (Å²) in [6.07, 6.45) is 3.31. The molecule has 5 rings (SSSR count). The number of fused-ring (bicyclic) bond motifs is 1. The molecule has 38 heavy (non-hydrogen) atoms. The fraction of sp³-hybridized carbons (Fsp3) is 0.240. The third-order valence-corrected chi connectivity index (χ3v) is 7.82. The van der Waals surface area contributed by atoms with Crippen LogP contribution in [-0.2, 0) is 20.9 Å². The first-order chi connectivity index (χ1) is 18.1. The average molecular weight is 545 g/mol. The van der Waals surface area contributed by atoms with Gasteiger partial charge in [-0.25, -0.2) is 4.98 Å². The lowest BCUT2D eigenvalue weighted by atomic mass is 10.1. The average Bonchev–Trinajstić information content (AvgIpc) is 3.34. The second-order valence-electron chi connectivity index (χ2n) is 8.53. The number of hydrazone groups is 1. The Morgan fingerprint density at radius 1 is 1.08 bits per heavy atom. The summed E-state index contributed by atoms with van der Waals surface area (Å²) in [7, 11) is -3.26. The van der Waals surface area contributed by atoms with Crippen LogP contribution >= 0.6 is 0 Å². The molecule has 198 valence electrons. The number of nitrogens with zero attached hydrogens (tertiary/aromatic N) is 6. The van der Waals surface area contributed by atoms with Crippen molar-refractivity contribution in [3.8, 4) is 11.1 Å². The Kier molecular flexibility index (Phi) is 6.80. The smallest absolute Gasteiger partial charge is 0.378 e. The fourth-order valence-electron chi connectivity index (χ4n) is 4.11. The minimum absolute atomic E-state index is 0.166. The zero-order valence-electron chi connectivity index (χ0n) is 20.2. The molecular weight excluding hydrogens is 521 g/mol. The van der Waals surface area contributed by atoms with Crippen molar-refractivity contribution in [1.82, 2.24) is 18.8 Å². The van der Waals surface area contributed by atoms with Crippen molar-refractivity contribution >= 4 is 27.6 Å². The molecule has 3 aromatic heterocycles. The van der Waals surface area contributed by atoms with Gasteiger partial charge in [0.05, 0.1) is 42.6 Å². The Hall–Kier alpha value is -3.97. The molecule has 0 atom stereocenters. The number of rotatable bonds is 6. The van der Waals surface area contributed by atoms with Crippen molar-refractivity contribution in [3.63, 3.8) is 0 Å². The van der Waals surface area contributed by atoms with Crippen molar-refractivity contribution in [2.75, 3.05) is 38.3 Å². The van der Waals surface area contributed by atoms with Crippen LogP contribution in [0, 0.1) is 0 Å². The van der Waals surface area contributed by atoms with E-state index < -0.39 is 26.7 Å². The summed E-state index contributed by atoms with van der Waals surface area (Å²) in [5, 5.41) is 4.07. The van der Waals surface area contributed by atoms with Gasteiger partial charge in [-0.05, 0) is 36.4 Å². The third kappa shape index (κ3) is 5.07. The van der Waals surface area contributed by atoms with Gasteiger partial charge in [0, 0.05) is 49.9 Å². The molecule has 0 N–H and O–H groups in total. The Balaban J connectivity index is 1.49. The highest BCUT2D eigenvalue weighted by Crippen LogP contribution is 2.36. The predicted molar refractivity (Wildman–Crippen MR) is 135 cm³/mol. The molecule has 0 amide bonds. The maximum Gasteiger partial charge on any atom is 0.416 e. The highest BCUT2D eigenvalue weighted by molar-refractivity contribution is 7.89. The van der Waals surface area contributed by atoms with Gasteiger partial charge < -0.3 is 9.64 Å². The summed E-state index contributed by atoms with van der Waals surface area (Å²) in [6.45, 7) is 1.37. The van der Waals surface area contributed by atoms with Gasteiger partial charge in [-0.15, -0.1) is 0 Å². The third-order valence-electron chi connectivity index (χ3n) is 6.15. The second kappa shape index (κ2) is 10.1. The van der Waals surface area contributed by atoms with Gasteiger partial charge in [0.1, 0.15) is 10.5 Å². The lowest BCUT2D eigenvalue weighted by molar-refractivity contribution is -0.137. The van der Waals surface area contributed by atoms with E-state index in [9.17, 15) is 21.6 Å². The molecule has 0 aliphatic carbocycles. The number of aromatic nitrogens is 3. The molecule has 0 spiro atoms. The molecule has 0 unspecified atom stereocenters. The first kappa shape index (κ1) is 25.7. The summed E-state index contributed by atoms with van der Waals surface area (Å²) in [4.78, 5) is 9.65. The molecule has 1 aliphatic rings. The van der Waals surface area contributed by atoms with Crippen LogP contribution in [0.3, 0.4) is 0 Å². The van der Waals surface area contributed by atoms with Crippen molar-refractivity contribution in [1.29, 1.82) is 0 Å². The number of anilines is 1. The molecular formula is C25H23F3N6O3S. The summed E-state index contributed by atoms with van der Waals surface area (Å²) in [5.41, 5.74) is 1.93. The van der Waals surface area contributed by atoms with Crippen LogP contribution in [-0.4, -0.2) is 66.8 Å². The van der Waals surface area contributed by atoms with Crippen molar-refractivity contribution in [2.24, 2.45) is 5.10 Å². The number of ether oxygens (including phenoxy) is 1. The van der Waals surface area contributed by atoms with E-state index in [4.69, 9.17) is 4.74 Å². The summed E-state index contributed by atoms with van der Waals surface area (Å²) >= 11 is 0. The van der Waals surface area contributed by atoms with Gasteiger partial charge in [-0.3, -0.25) is 9.38 Å². The van der Waals surface area contributed by atoms with Gasteiger partial charge in [0.25, 0.3) is 10.0 Å². The van der Waals surface area contributed by atoms with Crippen LogP contribution in [0.1, 0.15) is 11.3 Å². The highest BCUT2D eigenvalue weighted by atomic mass is 32.2. The van der Waals surface area contributed by atoms with Crippen LogP contribution in [0.2, 0.25) is 0 Å². The van der Waals surface area contributed by atoms with E-state index in [2.05, 4.69) is 15.1 Å². The van der Waals surface area contributed by atoms with Crippen LogP contribution in [0.4, 0.5) is 18.9 Å². The summed E-state index contributed by atoms with van der Waals surface area (Å²) < 4.78 is 75.1. The zero-order valence-corrected chi connectivity index (χ0v) is 21.0. The van der Waals surface area contributed by atoms with Crippen molar-refractivity contribution in [2.45, 2.75) is 11.1 Å². The van der Waals surface area contributed by atoms with Gasteiger partial charge in [0.2, 0.25) is 0 Å². The Morgan fingerprint density at radius 2 is 1.87 bits per heavy atom. The summed E-state index contributed by atoms with van der Waals surface area (Å²) in [6, 6.07) is 10.1. The zero-order chi connectivity index (χ0) is 26.9. The minimum Gasteiger partial charge on any atom is -0.378 e. The predicted octanol–water partition coefficient (Wildman–Crippen LogP) is 3.91. The molecule has 0 radical (unpaired) electrons. The number of hydrogen-bond donors (Lipinski definition) is 0. The number of alkyl halides is 3. The molecule has 1 aliphatic heterocycles. The molecule has 13 heteroatoms. The minimum atomic E-state index is -4.71. The monoisotopic (exact) mass is 544 g/mol. The number of sulfonamides is 1. The van der Waals surface area contributed by atoms with E-state index in [0.29, 0.717) is 48.1 Å². The quantitative estimate of drug-likeness (QED) is 0.270. The van der Waals surface area contributed by atoms with E-state index in [1.807, 2.05) is 24.4 Å². The number of benzene rings is 1. The number of hydrogen-bond acceptors (Lipinski definition) is 7. The molecule has 4 heterocycles. The molecule has 1 saturated heterocycles. The molecule has 4 aromatic rings. The SMILES string of the molecule is CN(/N=C/c1cnc2ccc(-c3cccnc3)cn12)S(=O)(=O)c1cc(C(F)(F)F)ccc1N1CCOCC1. The van der Waals surface area contributed by atoms with E-state index >= 15 is 0 Å². The normalized spacial score (nSPS) is 14.9. The number of imidazole rings is 1. The molecule has 9 nitrogen and oxygen atoms in total. The van der Waals surface area contributed by atoms with Gasteiger partial charge >= 0.3 is 6.18 Å². The lowest BCUT2D eigenvalue weighted by Gasteiger charge is -2.31. The molecule has 1 fully saturated rings. The van der Waals surface area contributed by atoms with Gasteiger partial charge in [0.15, 0.2) is 0 Å². The van der Waals surface area contributed by atoms with E-state index in [-0.39, 0.29) is 5.69 Å². The molecule has 0 bridgehead atoms. The Labute approximate surface area is 216 Å². The maximum atomic E-state index is 13.5. The van der Waals surface area contributed by atoms with Crippen molar-refractivity contribution < 1.29 is 26.3 Å². The largest absolute Gasteiger partial charge is 0.416 e. The Morgan fingerprint density at radius 3 is 2.58 bits per heavy atom. The van der Waals surface area contributed by atoms with E-state index in [1.165, 1.54) is 25.5 Å². The second-order valence-corrected chi connectivity index (χ2v) is 10.5. The fourth-order valence-corrected chi connectivity index (χ4v) is 5.30. The summed E-state index contributed by atoms with van der Waals surface area (Å²) in [5.74, 6) is 0. The number of pyridine rings is 2. The topological polar surface area (TPSA) is 92.4 Å². The lowest BCUT2D eigenvalue weighted by Crippen LogP contribution is -2.37. The maximum absolute atomic E-state index is 13.5. The molecule has 0 saturated carbocycles. The first-order valence-electron chi connectivity index (χ1n) is 11.6. The molecule has 1 aromatic carbocycles. The Bertz CT molecular complexity index is 1580. The van der Waals surface area contributed by atoms with Crippen LogP contribution < -0.4 is 4.90 Å². The number of morpholine rings is 1. The standard InChI is InChI=1S/C25H23F3N6O3S/c1-32(31-16-21-15-30-24-7-4-19(17-34(21)24)18-3-2-8-29-14-18)38(35,36)23-13-20(25(26,27)28)5-6-22(23)33-9-11-37-12-10-33/h2-8,13-17H,9-12H2,1H3/b31-16+. The van der Waals surface area contributed by atoms with E-state index in [0.717, 1.165) is 17.2 Å². The highest BCUT2D eigenvalue weighted by Gasteiger charge is 2.35.